The fourth-order valence-electron chi connectivity index (χ4n) is 1.41. The lowest BCUT2D eigenvalue weighted by Gasteiger charge is -2.08. The summed E-state index contributed by atoms with van der Waals surface area (Å²) in [6.07, 6.45) is 0.221. The lowest BCUT2D eigenvalue weighted by atomic mass is 10.1. The normalized spacial score (nSPS) is 9.76. The van der Waals surface area contributed by atoms with Gasteiger partial charge in [0, 0.05) is 23.9 Å². The van der Waals surface area contributed by atoms with Crippen LogP contribution in [0.1, 0.15) is 12.0 Å². The van der Waals surface area contributed by atoms with Crippen LogP contribution in [-0.2, 0) is 9.53 Å². The zero-order valence-corrected chi connectivity index (χ0v) is 9.73. The maximum Gasteiger partial charge on any atom is 0.307 e. The Bertz CT molecular complexity index is 431. The minimum absolute atomic E-state index is 0.0630. The van der Waals surface area contributed by atoms with E-state index in [1.165, 1.54) is 13.2 Å². The molecule has 0 aliphatic carbocycles. The predicted octanol–water partition coefficient (Wildman–Crippen LogP) is 1.88. The third-order valence-electron chi connectivity index (χ3n) is 2.37. The standard InChI is InChI=1S/C11H14N2O4/c1-8-9(12-7-6-11(14)17-2)4-3-5-10(8)13(15)16/h3-5,12H,6-7H2,1-2H3. The van der Waals surface area contributed by atoms with Crippen molar-refractivity contribution in [2.75, 3.05) is 19.0 Å². The molecule has 1 aromatic rings. The molecule has 0 heterocycles. The lowest BCUT2D eigenvalue weighted by Crippen LogP contribution is -2.10. The Balaban J connectivity index is 2.69. The number of anilines is 1. The van der Waals surface area contributed by atoms with E-state index in [0.717, 1.165) is 0 Å². The molecule has 6 nitrogen and oxygen atoms in total. The van der Waals surface area contributed by atoms with Gasteiger partial charge in [-0.05, 0) is 13.0 Å². The summed E-state index contributed by atoms with van der Waals surface area (Å²) in [5, 5.41) is 13.7. The molecule has 0 saturated heterocycles. The molecule has 1 aromatic carbocycles. The van der Waals surface area contributed by atoms with Gasteiger partial charge in [-0.2, -0.15) is 0 Å². The van der Waals surface area contributed by atoms with E-state index >= 15 is 0 Å². The third-order valence-corrected chi connectivity index (χ3v) is 2.37. The molecule has 1 N–H and O–H groups in total. The smallest absolute Gasteiger partial charge is 0.307 e. The number of benzene rings is 1. The van der Waals surface area contributed by atoms with Gasteiger partial charge in [0.25, 0.3) is 5.69 Å². The van der Waals surface area contributed by atoms with Crippen LogP contribution >= 0.6 is 0 Å². The van der Waals surface area contributed by atoms with Gasteiger partial charge in [-0.3, -0.25) is 14.9 Å². The third kappa shape index (κ3) is 3.44. The fraction of sp³-hybridized carbons (Fsp3) is 0.364. The number of hydrogen-bond acceptors (Lipinski definition) is 5. The number of esters is 1. The van der Waals surface area contributed by atoms with E-state index in [-0.39, 0.29) is 18.1 Å². The molecule has 0 saturated carbocycles. The molecule has 1 rings (SSSR count). The van der Waals surface area contributed by atoms with Crippen molar-refractivity contribution in [1.29, 1.82) is 0 Å². The van der Waals surface area contributed by atoms with Crippen molar-refractivity contribution in [2.45, 2.75) is 13.3 Å². The highest BCUT2D eigenvalue weighted by atomic mass is 16.6. The van der Waals surface area contributed by atoms with Crippen LogP contribution in [0.25, 0.3) is 0 Å². The summed E-state index contributed by atoms with van der Waals surface area (Å²) in [6.45, 7) is 2.05. The van der Waals surface area contributed by atoms with E-state index in [9.17, 15) is 14.9 Å². The van der Waals surface area contributed by atoms with Crippen molar-refractivity contribution in [1.82, 2.24) is 0 Å². The molecule has 0 amide bonds. The number of hydrogen-bond donors (Lipinski definition) is 1. The number of nitro groups is 1. The second-order valence-electron chi connectivity index (χ2n) is 3.46. The first-order valence-corrected chi connectivity index (χ1v) is 5.11. The fourth-order valence-corrected chi connectivity index (χ4v) is 1.41. The Kier molecular flexibility index (Phi) is 4.45. The second-order valence-corrected chi connectivity index (χ2v) is 3.46. The van der Waals surface area contributed by atoms with Gasteiger partial charge in [0.05, 0.1) is 18.5 Å². The number of carbonyl (C=O) groups is 1. The first kappa shape index (κ1) is 13.0. The van der Waals surface area contributed by atoms with E-state index in [2.05, 4.69) is 10.1 Å². The molecule has 0 unspecified atom stereocenters. The Morgan fingerprint density at radius 1 is 1.53 bits per heavy atom. The summed E-state index contributed by atoms with van der Waals surface area (Å²) in [6, 6.07) is 4.78. The van der Waals surface area contributed by atoms with Gasteiger partial charge in [0.2, 0.25) is 0 Å². The van der Waals surface area contributed by atoms with Crippen LogP contribution in [0.3, 0.4) is 0 Å². The van der Waals surface area contributed by atoms with E-state index in [4.69, 9.17) is 0 Å². The van der Waals surface area contributed by atoms with Crippen molar-refractivity contribution in [3.8, 4) is 0 Å². The van der Waals surface area contributed by atoms with Crippen LogP contribution in [-0.4, -0.2) is 24.5 Å². The van der Waals surface area contributed by atoms with E-state index in [0.29, 0.717) is 17.8 Å². The van der Waals surface area contributed by atoms with Gasteiger partial charge >= 0.3 is 5.97 Å². The Morgan fingerprint density at radius 2 is 2.24 bits per heavy atom. The summed E-state index contributed by atoms with van der Waals surface area (Å²) >= 11 is 0. The molecular weight excluding hydrogens is 224 g/mol. The SMILES string of the molecule is COC(=O)CCNc1cccc([N+](=O)[O-])c1C. The summed E-state index contributed by atoms with van der Waals surface area (Å²) < 4.78 is 4.49. The van der Waals surface area contributed by atoms with Crippen molar-refractivity contribution in [2.24, 2.45) is 0 Å². The Labute approximate surface area is 98.7 Å². The highest BCUT2D eigenvalue weighted by Crippen LogP contribution is 2.24. The summed E-state index contributed by atoms with van der Waals surface area (Å²) in [7, 11) is 1.32. The molecule has 0 radical (unpaired) electrons. The Morgan fingerprint density at radius 3 is 2.82 bits per heavy atom. The highest BCUT2D eigenvalue weighted by molar-refractivity contribution is 5.70. The number of nitrogens with zero attached hydrogens (tertiary/aromatic N) is 1. The highest BCUT2D eigenvalue weighted by Gasteiger charge is 2.12. The quantitative estimate of drug-likeness (QED) is 0.481. The molecule has 0 atom stereocenters. The molecule has 0 aliphatic heterocycles. The predicted molar refractivity (Wildman–Crippen MR) is 63.0 cm³/mol. The van der Waals surface area contributed by atoms with Crippen LogP contribution in [0.2, 0.25) is 0 Å². The zero-order chi connectivity index (χ0) is 12.8. The minimum Gasteiger partial charge on any atom is -0.469 e. The summed E-state index contributed by atoms with van der Waals surface area (Å²) in [5.74, 6) is -0.319. The molecule has 17 heavy (non-hydrogen) atoms. The second kappa shape index (κ2) is 5.83. The average molecular weight is 238 g/mol. The molecule has 0 fully saturated rings. The Hall–Kier alpha value is -2.11. The number of carbonyl (C=O) groups excluding carboxylic acids is 1. The van der Waals surface area contributed by atoms with E-state index < -0.39 is 4.92 Å². The first-order chi connectivity index (χ1) is 8.06. The van der Waals surface area contributed by atoms with Crippen LogP contribution in [0, 0.1) is 17.0 Å². The maximum atomic E-state index is 10.9. The zero-order valence-electron chi connectivity index (χ0n) is 9.73. The van der Waals surface area contributed by atoms with Gasteiger partial charge < -0.3 is 10.1 Å². The molecule has 6 heteroatoms. The van der Waals surface area contributed by atoms with Crippen molar-refractivity contribution >= 4 is 17.3 Å². The molecule has 0 spiro atoms. The average Bonchev–Trinajstić information content (AvgIpc) is 2.30. The van der Waals surface area contributed by atoms with Crippen LogP contribution in [0.5, 0.6) is 0 Å². The van der Waals surface area contributed by atoms with Gasteiger partial charge in [-0.15, -0.1) is 0 Å². The maximum absolute atomic E-state index is 10.9. The monoisotopic (exact) mass is 238 g/mol. The molecule has 92 valence electrons. The molecule has 0 bridgehead atoms. The largest absolute Gasteiger partial charge is 0.469 e. The first-order valence-electron chi connectivity index (χ1n) is 5.11. The van der Waals surface area contributed by atoms with Gasteiger partial charge in [-0.1, -0.05) is 6.07 Å². The molecule has 0 aliphatic rings. The lowest BCUT2D eigenvalue weighted by molar-refractivity contribution is -0.385. The van der Waals surface area contributed by atoms with E-state index in [1.54, 1.807) is 19.1 Å². The summed E-state index contributed by atoms with van der Waals surface area (Å²) in [4.78, 5) is 21.2. The summed E-state index contributed by atoms with van der Waals surface area (Å²) in [5.41, 5.74) is 1.28. The van der Waals surface area contributed by atoms with Crippen LogP contribution < -0.4 is 5.32 Å². The molecular formula is C11H14N2O4. The van der Waals surface area contributed by atoms with Gasteiger partial charge in [0.1, 0.15) is 0 Å². The minimum atomic E-state index is -0.430. The van der Waals surface area contributed by atoms with Gasteiger partial charge in [-0.25, -0.2) is 0 Å². The van der Waals surface area contributed by atoms with E-state index in [1.807, 2.05) is 0 Å². The van der Waals surface area contributed by atoms with Crippen molar-refractivity contribution in [3.05, 3.63) is 33.9 Å². The number of nitro benzene ring substituents is 1. The number of rotatable bonds is 5. The van der Waals surface area contributed by atoms with Crippen LogP contribution in [0.15, 0.2) is 18.2 Å². The van der Waals surface area contributed by atoms with Crippen molar-refractivity contribution < 1.29 is 14.5 Å². The number of ether oxygens (including phenoxy) is 1. The topological polar surface area (TPSA) is 81.5 Å². The van der Waals surface area contributed by atoms with Crippen LogP contribution in [0.4, 0.5) is 11.4 Å². The molecule has 0 aromatic heterocycles. The number of methoxy groups -OCH3 is 1. The van der Waals surface area contributed by atoms with Crippen molar-refractivity contribution in [3.63, 3.8) is 0 Å². The number of nitrogens with one attached hydrogen (secondary N) is 1. The van der Waals surface area contributed by atoms with Gasteiger partial charge in [0.15, 0.2) is 0 Å².